The number of nitrogens with two attached hydrogens (primary N) is 1. The van der Waals surface area contributed by atoms with E-state index in [1.807, 2.05) is 12.1 Å². The van der Waals surface area contributed by atoms with Crippen molar-refractivity contribution in [2.75, 3.05) is 5.32 Å². The van der Waals surface area contributed by atoms with Crippen molar-refractivity contribution in [1.29, 1.82) is 0 Å². The van der Waals surface area contributed by atoms with Crippen molar-refractivity contribution in [3.8, 4) is 5.75 Å². The molecule has 0 saturated heterocycles. The van der Waals surface area contributed by atoms with Crippen LogP contribution in [0.5, 0.6) is 5.75 Å². The minimum absolute atomic E-state index is 0.114. The zero-order chi connectivity index (χ0) is 20.1. The molecule has 0 saturated carbocycles. The van der Waals surface area contributed by atoms with Crippen molar-refractivity contribution in [1.82, 2.24) is 4.98 Å². The number of sulfonamides is 1. The van der Waals surface area contributed by atoms with Gasteiger partial charge in [-0.3, -0.25) is 9.78 Å². The molecule has 0 aliphatic rings. The number of benzene rings is 2. The third-order valence-electron chi connectivity index (χ3n) is 4.00. The zero-order valence-corrected chi connectivity index (χ0v) is 15.9. The summed E-state index contributed by atoms with van der Waals surface area (Å²) in [4.78, 5) is 16.5. The summed E-state index contributed by atoms with van der Waals surface area (Å²) >= 11 is 0. The second-order valence-corrected chi connectivity index (χ2v) is 7.72. The SMILES string of the molecule is Cc1ccc(S(N)(=O)=O)cc1C(=O)Nc1cccc(OCc2cccnc2)c1. The van der Waals surface area contributed by atoms with Crippen molar-refractivity contribution in [3.63, 3.8) is 0 Å². The fraction of sp³-hybridized carbons (Fsp3) is 0.100. The molecule has 0 unspecified atom stereocenters. The van der Waals surface area contributed by atoms with E-state index in [9.17, 15) is 13.2 Å². The molecule has 0 atom stereocenters. The number of anilines is 1. The number of nitrogens with zero attached hydrogens (tertiary/aromatic N) is 1. The second kappa shape index (κ2) is 8.20. The van der Waals surface area contributed by atoms with Gasteiger partial charge < -0.3 is 10.1 Å². The quantitative estimate of drug-likeness (QED) is 0.664. The Kier molecular flexibility index (Phi) is 5.72. The van der Waals surface area contributed by atoms with E-state index >= 15 is 0 Å². The fourth-order valence-electron chi connectivity index (χ4n) is 2.53. The lowest BCUT2D eigenvalue weighted by Gasteiger charge is -2.11. The molecule has 3 rings (SSSR count). The Labute approximate surface area is 163 Å². The number of rotatable bonds is 6. The molecule has 0 spiro atoms. The number of nitrogens with one attached hydrogen (secondary N) is 1. The summed E-state index contributed by atoms with van der Waals surface area (Å²) in [6.45, 7) is 2.07. The molecule has 2 aromatic carbocycles. The van der Waals surface area contributed by atoms with Gasteiger partial charge in [-0.15, -0.1) is 0 Å². The Balaban J connectivity index is 1.74. The van der Waals surface area contributed by atoms with E-state index in [4.69, 9.17) is 9.88 Å². The van der Waals surface area contributed by atoms with Crippen LogP contribution in [0.1, 0.15) is 21.5 Å². The Morgan fingerprint density at radius 2 is 1.96 bits per heavy atom. The number of ether oxygens (including phenoxy) is 1. The van der Waals surface area contributed by atoms with Crippen LogP contribution in [0.4, 0.5) is 5.69 Å². The van der Waals surface area contributed by atoms with E-state index in [0.29, 0.717) is 23.6 Å². The van der Waals surface area contributed by atoms with Gasteiger partial charge in [-0.05, 0) is 42.8 Å². The number of carbonyl (C=O) groups excluding carboxylic acids is 1. The van der Waals surface area contributed by atoms with E-state index in [2.05, 4.69) is 10.3 Å². The molecular weight excluding hydrogens is 378 g/mol. The Bertz CT molecular complexity index is 1100. The molecule has 0 aliphatic heterocycles. The van der Waals surface area contributed by atoms with Crippen LogP contribution in [0, 0.1) is 6.92 Å². The zero-order valence-electron chi connectivity index (χ0n) is 15.1. The smallest absolute Gasteiger partial charge is 0.255 e. The van der Waals surface area contributed by atoms with Gasteiger partial charge in [0.2, 0.25) is 10.0 Å². The third kappa shape index (κ3) is 4.93. The highest BCUT2D eigenvalue weighted by atomic mass is 32.2. The summed E-state index contributed by atoms with van der Waals surface area (Å²) in [6, 6.07) is 14.8. The molecule has 8 heteroatoms. The lowest BCUT2D eigenvalue weighted by Crippen LogP contribution is -2.17. The van der Waals surface area contributed by atoms with Gasteiger partial charge in [-0.2, -0.15) is 0 Å². The summed E-state index contributed by atoms with van der Waals surface area (Å²) in [5.41, 5.74) is 2.31. The molecule has 0 fully saturated rings. The lowest BCUT2D eigenvalue weighted by atomic mass is 10.1. The van der Waals surface area contributed by atoms with Gasteiger partial charge in [-0.25, -0.2) is 13.6 Å². The number of hydrogen-bond acceptors (Lipinski definition) is 5. The second-order valence-electron chi connectivity index (χ2n) is 6.15. The normalized spacial score (nSPS) is 11.1. The van der Waals surface area contributed by atoms with Crippen LogP contribution >= 0.6 is 0 Å². The molecule has 1 heterocycles. The number of primary sulfonamides is 1. The Morgan fingerprint density at radius 1 is 1.14 bits per heavy atom. The van der Waals surface area contributed by atoms with Gasteiger partial charge >= 0.3 is 0 Å². The summed E-state index contributed by atoms with van der Waals surface area (Å²) in [6.07, 6.45) is 3.40. The molecule has 28 heavy (non-hydrogen) atoms. The first kappa shape index (κ1) is 19.5. The maximum absolute atomic E-state index is 12.6. The number of pyridine rings is 1. The van der Waals surface area contributed by atoms with Crippen molar-refractivity contribution >= 4 is 21.6 Å². The molecule has 0 radical (unpaired) electrons. The van der Waals surface area contributed by atoms with E-state index in [-0.39, 0.29) is 10.5 Å². The van der Waals surface area contributed by atoms with E-state index in [1.54, 1.807) is 49.6 Å². The molecule has 144 valence electrons. The molecule has 3 aromatic rings. The van der Waals surface area contributed by atoms with Crippen LogP contribution in [0.25, 0.3) is 0 Å². The Hall–Kier alpha value is -3.23. The first-order chi connectivity index (χ1) is 13.3. The third-order valence-corrected chi connectivity index (χ3v) is 4.91. The van der Waals surface area contributed by atoms with Gasteiger partial charge in [0.15, 0.2) is 0 Å². The average molecular weight is 397 g/mol. The van der Waals surface area contributed by atoms with Crippen LogP contribution in [0.2, 0.25) is 0 Å². The van der Waals surface area contributed by atoms with Crippen molar-refractivity contribution < 1.29 is 17.9 Å². The molecule has 3 N–H and O–H groups in total. The van der Waals surface area contributed by atoms with Crippen molar-refractivity contribution in [3.05, 3.63) is 83.7 Å². The van der Waals surface area contributed by atoms with Crippen LogP contribution < -0.4 is 15.2 Å². The first-order valence-electron chi connectivity index (χ1n) is 8.39. The van der Waals surface area contributed by atoms with Crippen LogP contribution in [-0.4, -0.2) is 19.3 Å². The standard InChI is InChI=1S/C20H19N3O4S/c1-14-7-8-18(28(21,25)26)11-19(14)20(24)23-16-5-2-6-17(10-16)27-13-15-4-3-9-22-12-15/h2-12H,13H2,1H3,(H,23,24)(H2,21,25,26). The summed E-state index contributed by atoms with van der Waals surface area (Å²) in [7, 11) is -3.89. The van der Waals surface area contributed by atoms with Crippen molar-refractivity contribution in [2.24, 2.45) is 5.14 Å². The molecule has 0 aliphatic carbocycles. The largest absolute Gasteiger partial charge is 0.489 e. The minimum Gasteiger partial charge on any atom is -0.489 e. The molecule has 1 amide bonds. The lowest BCUT2D eigenvalue weighted by molar-refractivity contribution is 0.102. The summed E-state index contributed by atoms with van der Waals surface area (Å²) in [5, 5.41) is 7.90. The summed E-state index contributed by atoms with van der Waals surface area (Å²) in [5.74, 6) is 0.143. The molecule has 0 bridgehead atoms. The Morgan fingerprint density at radius 3 is 2.68 bits per heavy atom. The fourth-order valence-corrected chi connectivity index (χ4v) is 3.07. The molecular formula is C20H19N3O4S. The first-order valence-corrected chi connectivity index (χ1v) is 9.94. The van der Waals surface area contributed by atoms with E-state index in [0.717, 1.165) is 5.56 Å². The van der Waals surface area contributed by atoms with Gasteiger partial charge in [-0.1, -0.05) is 18.2 Å². The average Bonchev–Trinajstić information content (AvgIpc) is 2.67. The van der Waals surface area contributed by atoms with Crippen LogP contribution in [-0.2, 0) is 16.6 Å². The topological polar surface area (TPSA) is 111 Å². The number of aromatic nitrogens is 1. The van der Waals surface area contributed by atoms with Gasteiger partial charge in [0.25, 0.3) is 5.91 Å². The monoisotopic (exact) mass is 397 g/mol. The van der Waals surface area contributed by atoms with E-state index < -0.39 is 15.9 Å². The maximum Gasteiger partial charge on any atom is 0.255 e. The highest BCUT2D eigenvalue weighted by Crippen LogP contribution is 2.21. The predicted molar refractivity (Wildman–Crippen MR) is 106 cm³/mol. The molecule has 7 nitrogen and oxygen atoms in total. The van der Waals surface area contributed by atoms with Crippen LogP contribution in [0.15, 0.2) is 71.9 Å². The van der Waals surface area contributed by atoms with Gasteiger partial charge in [0.05, 0.1) is 4.90 Å². The minimum atomic E-state index is -3.89. The van der Waals surface area contributed by atoms with Gasteiger partial charge in [0, 0.05) is 35.3 Å². The highest BCUT2D eigenvalue weighted by molar-refractivity contribution is 7.89. The number of hydrogen-bond donors (Lipinski definition) is 2. The maximum atomic E-state index is 12.6. The molecule has 1 aromatic heterocycles. The predicted octanol–water partition coefficient (Wildman–Crippen LogP) is 2.87. The van der Waals surface area contributed by atoms with Gasteiger partial charge in [0.1, 0.15) is 12.4 Å². The number of amides is 1. The summed E-state index contributed by atoms with van der Waals surface area (Å²) < 4.78 is 28.8. The number of carbonyl (C=O) groups is 1. The highest BCUT2D eigenvalue weighted by Gasteiger charge is 2.15. The number of aryl methyl sites for hydroxylation is 1. The van der Waals surface area contributed by atoms with Crippen LogP contribution in [0.3, 0.4) is 0 Å². The van der Waals surface area contributed by atoms with Crippen molar-refractivity contribution in [2.45, 2.75) is 18.4 Å². The van der Waals surface area contributed by atoms with E-state index in [1.165, 1.54) is 12.1 Å².